The van der Waals surface area contributed by atoms with Crippen molar-refractivity contribution in [2.24, 2.45) is 0 Å². The number of hydrogen-bond donors (Lipinski definition) is 1. The van der Waals surface area contributed by atoms with Crippen molar-refractivity contribution in [3.8, 4) is 0 Å². The van der Waals surface area contributed by atoms with Crippen LogP contribution in [0.4, 0.5) is 0 Å². The summed E-state index contributed by atoms with van der Waals surface area (Å²) in [6, 6.07) is 0. The zero-order chi connectivity index (χ0) is 11.3. The highest BCUT2D eigenvalue weighted by Gasteiger charge is 2.19. The van der Waals surface area contributed by atoms with E-state index in [1.165, 1.54) is 0 Å². The molecular formula is C10H10IN3O2. The molecule has 3 rings (SSSR count). The van der Waals surface area contributed by atoms with E-state index in [9.17, 15) is 4.79 Å². The molecule has 6 heteroatoms. The fraction of sp³-hybridized carbons (Fsp3) is 0.400. The Morgan fingerprint density at radius 2 is 2.38 bits per heavy atom. The minimum atomic E-state index is -0.0555. The summed E-state index contributed by atoms with van der Waals surface area (Å²) in [5.41, 5.74) is 3.37. The van der Waals surface area contributed by atoms with Gasteiger partial charge < -0.3 is 9.72 Å². The Labute approximate surface area is 105 Å². The molecule has 3 heterocycles. The third-order valence-electron chi connectivity index (χ3n) is 2.83. The lowest BCUT2D eigenvalue weighted by atomic mass is 10.1. The molecule has 16 heavy (non-hydrogen) atoms. The van der Waals surface area contributed by atoms with E-state index in [-0.39, 0.29) is 5.56 Å². The van der Waals surface area contributed by atoms with Crippen LogP contribution in [0.25, 0.3) is 5.65 Å². The van der Waals surface area contributed by atoms with Crippen LogP contribution in [0.5, 0.6) is 0 Å². The quantitative estimate of drug-likeness (QED) is 0.733. The van der Waals surface area contributed by atoms with Gasteiger partial charge in [-0.2, -0.15) is 5.10 Å². The van der Waals surface area contributed by atoms with Crippen molar-refractivity contribution in [1.29, 1.82) is 0 Å². The summed E-state index contributed by atoms with van der Waals surface area (Å²) in [5, 5.41) is 4.45. The second-order valence-electron chi connectivity index (χ2n) is 3.84. The Balaban J connectivity index is 2.46. The maximum absolute atomic E-state index is 11.9. The monoisotopic (exact) mass is 331 g/mol. The van der Waals surface area contributed by atoms with Crippen LogP contribution in [0.2, 0.25) is 0 Å². The van der Waals surface area contributed by atoms with Crippen molar-refractivity contribution in [2.75, 3.05) is 6.61 Å². The van der Waals surface area contributed by atoms with Crippen molar-refractivity contribution in [2.45, 2.75) is 20.0 Å². The SMILES string of the molecule is Cc1nn2c3c(c(=O)[nH]c2c1I)COCC3. The van der Waals surface area contributed by atoms with Gasteiger partial charge in [0.2, 0.25) is 0 Å². The average Bonchev–Trinajstić information content (AvgIpc) is 2.57. The first-order valence-corrected chi connectivity index (χ1v) is 6.13. The summed E-state index contributed by atoms with van der Waals surface area (Å²) >= 11 is 2.20. The van der Waals surface area contributed by atoms with Crippen LogP contribution in [0.1, 0.15) is 17.0 Å². The lowest BCUT2D eigenvalue weighted by Crippen LogP contribution is -2.25. The molecule has 0 saturated carbocycles. The molecule has 0 bridgehead atoms. The standard InChI is InChI=1S/C10H10IN3O2/c1-5-8(11)9-12-10(15)6-4-16-3-2-7(6)14(9)13-5/h2-4H2,1H3,(H,12,15). The van der Waals surface area contributed by atoms with Gasteiger partial charge in [-0.25, -0.2) is 4.52 Å². The third kappa shape index (κ3) is 1.32. The summed E-state index contributed by atoms with van der Waals surface area (Å²) in [4.78, 5) is 14.7. The molecule has 5 nitrogen and oxygen atoms in total. The first kappa shape index (κ1) is 10.3. The Morgan fingerprint density at radius 3 is 3.19 bits per heavy atom. The van der Waals surface area contributed by atoms with Crippen LogP contribution >= 0.6 is 22.6 Å². The number of aromatic amines is 1. The van der Waals surface area contributed by atoms with E-state index in [0.29, 0.717) is 18.8 Å². The van der Waals surface area contributed by atoms with Crippen molar-refractivity contribution in [3.05, 3.63) is 30.9 Å². The molecule has 0 aromatic carbocycles. The van der Waals surface area contributed by atoms with Gasteiger partial charge in [-0.15, -0.1) is 0 Å². The number of hydrogen-bond acceptors (Lipinski definition) is 3. The van der Waals surface area contributed by atoms with Gasteiger partial charge in [-0.05, 0) is 29.5 Å². The maximum Gasteiger partial charge on any atom is 0.256 e. The zero-order valence-corrected chi connectivity index (χ0v) is 10.9. The van der Waals surface area contributed by atoms with Crippen LogP contribution in [-0.4, -0.2) is 21.2 Å². The molecule has 0 unspecified atom stereocenters. The number of aryl methyl sites for hydroxylation is 1. The van der Waals surface area contributed by atoms with E-state index in [1.54, 1.807) is 0 Å². The fourth-order valence-corrected chi connectivity index (χ4v) is 2.47. The molecule has 0 atom stereocenters. The van der Waals surface area contributed by atoms with Crippen LogP contribution in [0, 0.1) is 10.5 Å². The normalized spacial score (nSPS) is 15.4. The molecule has 0 spiro atoms. The topological polar surface area (TPSA) is 59.4 Å². The number of halogens is 1. The van der Waals surface area contributed by atoms with Crippen molar-refractivity contribution in [3.63, 3.8) is 0 Å². The molecule has 0 aliphatic carbocycles. The van der Waals surface area contributed by atoms with Gasteiger partial charge in [0.15, 0.2) is 0 Å². The summed E-state index contributed by atoms with van der Waals surface area (Å²) in [6.45, 7) is 2.98. The van der Waals surface area contributed by atoms with Crippen LogP contribution in [0.15, 0.2) is 4.79 Å². The first-order chi connectivity index (χ1) is 7.68. The van der Waals surface area contributed by atoms with E-state index < -0.39 is 0 Å². The summed E-state index contributed by atoms with van der Waals surface area (Å²) in [6.07, 6.45) is 0.743. The van der Waals surface area contributed by atoms with Crippen molar-refractivity contribution >= 4 is 28.2 Å². The maximum atomic E-state index is 11.9. The number of nitrogens with zero attached hydrogens (tertiary/aromatic N) is 2. The van der Waals surface area contributed by atoms with Gasteiger partial charge >= 0.3 is 0 Å². The first-order valence-electron chi connectivity index (χ1n) is 5.05. The number of aromatic nitrogens is 3. The lowest BCUT2D eigenvalue weighted by molar-refractivity contribution is 0.107. The molecule has 0 amide bonds. The second-order valence-corrected chi connectivity index (χ2v) is 4.92. The third-order valence-corrected chi connectivity index (χ3v) is 4.12. The molecule has 1 aliphatic heterocycles. The van der Waals surface area contributed by atoms with Crippen LogP contribution < -0.4 is 5.56 Å². The minimum absolute atomic E-state index is 0.0555. The number of H-pyrrole nitrogens is 1. The van der Waals surface area contributed by atoms with Gasteiger partial charge in [0.1, 0.15) is 5.65 Å². The molecule has 84 valence electrons. The summed E-state index contributed by atoms with van der Waals surface area (Å²) in [5.74, 6) is 0. The number of ether oxygens (including phenoxy) is 1. The number of nitrogens with one attached hydrogen (secondary N) is 1. The van der Waals surface area contributed by atoms with Crippen molar-refractivity contribution in [1.82, 2.24) is 14.6 Å². The average molecular weight is 331 g/mol. The fourth-order valence-electron chi connectivity index (χ4n) is 2.00. The van der Waals surface area contributed by atoms with E-state index in [2.05, 4.69) is 32.7 Å². The van der Waals surface area contributed by atoms with E-state index in [0.717, 1.165) is 27.0 Å². The largest absolute Gasteiger partial charge is 0.376 e. The summed E-state index contributed by atoms with van der Waals surface area (Å²) < 4.78 is 8.15. The Kier molecular flexibility index (Phi) is 2.28. The Morgan fingerprint density at radius 1 is 1.56 bits per heavy atom. The number of fused-ring (bicyclic) bond motifs is 3. The highest BCUT2D eigenvalue weighted by molar-refractivity contribution is 14.1. The number of rotatable bonds is 0. The van der Waals surface area contributed by atoms with E-state index in [1.807, 2.05) is 11.4 Å². The molecule has 0 radical (unpaired) electrons. The molecule has 2 aromatic heterocycles. The predicted octanol–water partition coefficient (Wildman–Crippen LogP) is 1.01. The Hall–Kier alpha value is -0.890. The van der Waals surface area contributed by atoms with Gasteiger partial charge in [-0.3, -0.25) is 4.79 Å². The molecule has 2 aromatic rings. The van der Waals surface area contributed by atoms with E-state index in [4.69, 9.17) is 4.74 Å². The lowest BCUT2D eigenvalue weighted by Gasteiger charge is -2.16. The van der Waals surface area contributed by atoms with Gasteiger partial charge in [0, 0.05) is 6.42 Å². The molecular weight excluding hydrogens is 321 g/mol. The molecule has 0 saturated heterocycles. The predicted molar refractivity (Wildman–Crippen MR) is 66.6 cm³/mol. The molecule has 1 aliphatic rings. The van der Waals surface area contributed by atoms with Gasteiger partial charge in [0.05, 0.1) is 33.7 Å². The van der Waals surface area contributed by atoms with E-state index >= 15 is 0 Å². The highest BCUT2D eigenvalue weighted by atomic mass is 127. The highest BCUT2D eigenvalue weighted by Crippen LogP contribution is 2.19. The van der Waals surface area contributed by atoms with Crippen LogP contribution in [0.3, 0.4) is 0 Å². The van der Waals surface area contributed by atoms with Gasteiger partial charge in [0.25, 0.3) is 5.56 Å². The van der Waals surface area contributed by atoms with Gasteiger partial charge in [-0.1, -0.05) is 0 Å². The molecule has 0 fully saturated rings. The Bertz CT molecular complexity index is 629. The summed E-state index contributed by atoms with van der Waals surface area (Å²) in [7, 11) is 0. The van der Waals surface area contributed by atoms with Crippen LogP contribution in [-0.2, 0) is 17.8 Å². The minimum Gasteiger partial charge on any atom is -0.376 e. The zero-order valence-electron chi connectivity index (χ0n) is 8.71. The smallest absolute Gasteiger partial charge is 0.256 e. The molecule has 1 N–H and O–H groups in total. The second kappa shape index (κ2) is 3.56. The van der Waals surface area contributed by atoms with Crippen molar-refractivity contribution < 1.29 is 4.74 Å².